The molecule has 90 valence electrons. The van der Waals surface area contributed by atoms with Crippen molar-refractivity contribution in [1.82, 2.24) is 20.3 Å². The van der Waals surface area contributed by atoms with Gasteiger partial charge in [-0.1, -0.05) is 6.07 Å². The molecule has 0 bridgehead atoms. The molecule has 5 heteroatoms. The van der Waals surface area contributed by atoms with E-state index in [-0.39, 0.29) is 0 Å². The van der Waals surface area contributed by atoms with Crippen LogP contribution in [0.15, 0.2) is 41.3 Å². The van der Waals surface area contributed by atoms with Crippen molar-refractivity contribution >= 4 is 11.1 Å². The van der Waals surface area contributed by atoms with Crippen LogP contribution >= 0.6 is 0 Å². The average molecular weight is 240 g/mol. The van der Waals surface area contributed by atoms with Crippen LogP contribution < -0.4 is 5.32 Å². The zero-order valence-electron chi connectivity index (χ0n) is 9.92. The summed E-state index contributed by atoms with van der Waals surface area (Å²) in [5, 5.41) is 3.03. The molecular weight excluding hydrogens is 228 g/mol. The number of hydrogen-bond donors (Lipinski definition) is 1. The largest absolute Gasteiger partial charge is 0.443 e. The Morgan fingerprint density at radius 3 is 3.06 bits per heavy atom. The fourth-order valence-corrected chi connectivity index (χ4v) is 1.82. The number of hydrogen-bond acceptors (Lipinski definition) is 5. The Morgan fingerprint density at radius 2 is 2.17 bits per heavy atom. The predicted molar refractivity (Wildman–Crippen MR) is 67.8 cm³/mol. The standard InChI is InChI=1S/C13H12N4O/c1-14-7-13-15-5-4-10(17-13)9-2-3-11-12(6-9)18-8-16-11/h2-6,8,14H,7H2,1H3. The summed E-state index contributed by atoms with van der Waals surface area (Å²) in [5.41, 5.74) is 3.50. The van der Waals surface area contributed by atoms with E-state index in [2.05, 4.69) is 20.3 Å². The molecule has 3 rings (SSSR count). The van der Waals surface area contributed by atoms with Gasteiger partial charge in [-0.2, -0.15) is 0 Å². The van der Waals surface area contributed by atoms with Crippen LogP contribution in [0.1, 0.15) is 5.82 Å². The normalized spacial score (nSPS) is 10.9. The van der Waals surface area contributed by atoms with Gasteiger partial charge in [0.1, 0.15) is 11.3 Å². The fourth-order valence-electron chi connectivity index (χ4n) is 1.82. The van der Waals surface area contributed by atoms with Gasteiger partial charge in [-0.05, 0) is 25.2 Å². The molecule has 0 radical (unpaired) electrons. The molecule has 0 atom stereocenters. The lowest BCUT2D eigenvalue weighted by atomic mass is 10.1. The monoisotopic (exact) mass is 240 g/mol. The number of benzene rings is 1. The molecule has 0 aliphatic carbocycles. The maximum atomic E-state index is 5.29. The lowest BCUT2D eigenvalue weighted by Crippen LogP contribution is -2.09. The number of nitrogens with one attached hydrogen (secondary N) is 1. The van der Waals surface area contributed by atoms with Crippen molar-refractivity contribution in [3.8, 4) is 11.3 Å². The zero-order valence-corrected chi connectivity index (χ0v) is 9.92. The summed E-state index contributed by atoms with van der Waals surface area (Å²) >= 11 is 0. The second kappa shape index (κ2) is 4.54. The average Bonchev–Trinajstić information content (AvgIpc) is 2.86. The molecule has 3 aromatic rings. The Labute approximate surface area is 104 Å². The van der Waals surface area contributed by atoms with E-state index >= 15 is 0 Å². The number of aromatic nitrogens is 3. The van der Waals surface area contributed by atoms with E-state index < -0.39 is 0 Å². The van der Waals surface area contributed by atoms with Gasteiger partial charge in [-0.3, -0.25) is 0 Å². The van der Waals surface area contributed by atoms with Gasteiger partial charge in [0, 0.05) is 11.8 Å². The minimum Gasteiger partial charge on any atom is -0.443 e. The van der Waals surface area contributed by atoms with E-state index in [4.69, 9.17) is 4.42 Å². The summed E-state index contributed by atoms with van der Waals surface area (Å²) in [5.74, 6) is 0.771. The van der Waals surface area contributed by atoms with E-state index in [1.807, 2.05) is 31.3 Å². The van der Waals surface area contributed by atoms with E-state index in [0.717, 1.165) is 28.2 Å². The fraction of sp³-hybridized carbons (Fsp3) is 0.154. The minimum atomic E-state index is 0.651. The van der Waals surface area contributed by atoms with Crippen molar-refractivity contribution in [1.29, 1.82) is 0 Å². The first-order chi connectivity index (χ1) is 8.86. The molecule has 1 N–H and O–H groups in total. The molecule has 0 spiro atoms. The highest BCUT2D eigenvalue weighted by atomic mass is 16.3. The van der Waals surface area contributed by atoms with Gasteiger partial charge < -0.3 is 9.73 Å². The highest BCUT2D eigenvalue weighted by Gasteiger charge is 2.05. The summed E-state index contributed by atoms with van der Waals surface area (Å²) in [7, 11) is 1.87. The first-order valence-electron chi connectivity index (χ1n) is 5.67. The van der Waals surface area contributed by atoms with Crippen molar-refractivity contribution in [2.45, 2.75) is 6.54 Å². The Kier molecular flexibility index (Phi) is 2.74. The number of nitrogens with zero attached hydrogens (tertiary/aromatic N) is 3. The third kappa shape index (κ3) is 1.96. The lowest BCUT2D eigenvalue weighted by Gasteiger charge is -2.03. The second-order valence-corrected chi connectivity index (χ2v) is 3.92. The van der Waals surface area contributed by atoms with Crippen LogP contribution in [-0.4, -0.2) is 22.0 Å². The summed E-state index contributed by atoms with van der Waals surface area (Å²) in [6.45, 7) is 0.651. The number of fused-ring (bicyclic) bond motifs is 1. The molecule has 0 aliphatic heterocycles. The van der Waals surface area contributed by atoms with Gasteiger partial charge in [0.2, 0.25) is 0 Å². The van der Waals surface area contributed by atoms with Crippen LogP contribution in [-0.2, 0) is 6.54 Å². The molecule has 0 amide bonds. The van der Waals surface area contributed by atoms with Crippen molar-refractivity contribution in [3.05, 3.63) is 42.7 Å². The predicted octanol–water partition coefficient (Wildman–Crippen LogP) is 2.00. The smallest absolute Gasteiger partial charge is 0.181 e. The molecule has 5 nitrogen and oxygen atoms in total. The van der Waals surface area contributed by atoms with Crippen molar-refractivity contribution in [3.63, 3.8) is 0 Å². The number of oxazole rings is 1. The molecule has 2 heterocycles. The Hall–Kier alpha value is -2.27. The molecule has 0 aliphatic rings. The van der Waals surface area contributed by atoms with Crippen molar-refractivity contribution in [2.75, 3.05) is 7.05 Å². The maximum Gasteiger partial charge on any atom is 0.181 e. The minimum absolute atomic E-state index is 0.651. The molecule has 0 saturated carbocycles. The summed E-state index contributed by atoms with van der Waals surface area (Å²) in [4.78, 5) is 12.8. The molecule has 0 saturated heterocycles. The molecule has 2 aromatic heterocycles. The third-order valence-electron chi connectivity index (χ3n) is 2.67. The Morgan fingerprint density at radius 1 is 1.22 bits per heavy atom. The van der Waals surface area contributed by atoms with Crippen LogP contribution in [0, 0.1) is 0 Å². The molecular formula is C13H12N4O. The van der Waals surface area contributed by atoms with Gasteiger partial charge in [0.15, 0.2) is 12.0 Å². The molecule has 0 unspecified atom stereocenters. The second-order valence-electron chi connectivity index (χ2n) is 3.92. The van der Waals surface area contributed by atoms with E-state index in [1.54, 1.807) is 6.20 Å². The van der Waals surface area contributed by atoms with Crippen LogP contribution in [0.4, 0.5) is 0 Å². The molecule has 1 aromatic carbocycles. The summed E-state index contributed by atoms with van der Waals surface area (Å²) < 4.78 is 5.29. The first-order valence-corrected chi connectivity index (χ1v) is 5.67. The first kappa shape index (κ1) is 10.9. The SMILES string of the molecule is CNCc1nccc(-c2ccc3ncoc3c2)n1. The van der Waals surface area contributed by atoms with E-state index in [1.165, 1.54) is 6.39 Å². The van der Waals surface area contributed by atoms with E-state index in [0.29, 0.717) is 6.54 Å². The maximum absolute atomic E-state index is 5.29. The van der Waals surface area contributed by atoms with Crippen LogP contribution in [0.25, 0.3) is 22.4 Å². The van der Waals surface area contributed by atoms with Crippen molar-refractivity contribution in [2.24, 2.45) is 0 Å². The highest BCUT2D eigenvalue weighted by Crippen LogP contribution is 2.22. The van der Waals surface area contributed by atoms with Gasteiger partial charge in [-0.15, -0.1) is 0 Å². The van der Waals surface area contributed by atoms with Gasteiger partial charge in [0.05, 0.1) is 12.2 Å². The third-order valence-corrected chi connectivity index (χ3v) is 2.67. The van der Waals surface area contributed by atoms with Crippen LogP contribution in [0.3, 0.4) is 0 Å². The highest BCUT2D eigenvalue weighted by molar-refractivity contribution is 5.78. The molecule has 18 heavy (non-hydrogen) atoms. The van der Waals surface area contributed by atoms with Gasteiger partial charge in [0.25, 0.3) is 0 Å². The lowest BCUT2D eigenvalue weighted by molar-refractivity contribution is 0.602. The molecule has 0 fully saturated rings. The topological polar surface area (TPSA) is 63.8 Å². The Balaban J connectivity index is 2.04. The zero-order chi connectivity index (χ0) is 12.4. The van der Waals surface area contributed by atoms with E-state index in [9.17, 15) is 0 Å². The van der Waals surface area contributed by atoms with Crippen LogP contribution in [0.2, 0.25) is 0 Å². The van der Waals surface area contributed by atoms with Crippen LogP contribution in [0.5, 0.6) is 0 Å². The van der Waals surface area contributed by atoms with Gasteiger partial charge >= 0.3 is 0 Å². The van der Waals surface area contributed by atoms with Crippen molar-refractivity contribution < 1.29 is 4.42 Å². The number of rotatable bonds is 3. The summed E-state index contributed by atoms with van der Waals surface area (Å²) in [6.07, 6.45) is 3.21. The quantitative estimate of drug-likeness (QED) is 0.758. The Bertz CT molecular complexity index is 677. The van der Waals surface area contributed by atoms with Gasteiger partial charge in [-0.25, -0.2) is 15.0 Å². The summed E-state index contributed by atoms with van der Waals surface area (Å²) in [6, 6.07) is 7.73.